The van der Waals surface area contributed by atoms with Crippen molar-refractivity contribution in [3.8, 4) is 5.75 Å². The molecule has 1 amide bonds. The molecule has 2 aliphatic rings. The molecule has 1 N–H and O–H groups in total. The van der Waals surface area contributed by atoms with Gasteiger partial charge in [-0.05, 0) is 17.7 Å². The fourth-order valence-corrected chi connectivity index (χ4v) is 3.54. The van der Waals surface area contributed by atoms with Crippen molar-refractivity contribution in [1.29, 1.82) is 0 Å². The van der Waals surface area contributed by atoms with Gasteiger partial charge in [-0.2, -0.15) is 5.10 Å². The number of hydrogen-bond donors (Lipinski definition) is 1. The lowest BCUT2D eigenvalue weighted by Gasteiger charge is -2.32. The molecule has 8 heteroatoms. The van der Waals surface area contributed by atoms with Gasteiger partial charge in [-0.25, -0.2) is 4.39 Å². The SMILES string of the molecule is Cl.Cn1cc([C@H]2CNC[C@@H]2C(=O)N2CCOc3cc(F)ccc32)cn1. The highest BCUT2D eigenvalue weighted by Crippen LogP contribution is 2.36. The minimum atomic E-state index is -0.362. The Bertz CT molecular complexity index is 782. The molecule has 3 heterocycles. The number of amides is 1. The summed E-state index contributed by atoms with van der Waals surface area (Å²) in [6.45, 7) is 2.24. The van der Waals surface area contributed by atoms with Gasteiger partial charge in [0.15, 0.2) is 0 Å². The third kappa shape index (κ3) is 3.21. The van der Waals surface area contributed by atoms with E-state index in [9.17, 15) is 9.18 Å². The van der Waals surface area contributed by atoms with E-state index >= 15 is 0 Å². The summed E-state index contributed by atoms with van der Waals surface area (Å²) >= 11 is 0. The van der Waals surface area contributed by atoms with E-state index in [1.807, 2.05) is 19.4 Å². The maximum atomic E-state index is 13.4. The molecular formula is C17H20ClFN4O2. The summed E-state index contributed by atoms with van der Waals surface area (Å²) < 4.78 is 20.7. The normalized spacial score (nSPS) is 22.1. The highest BCUT2D eigenvalue weighted by molar-refractivity contribution is 5.97. The van der Waals surface area contributed by atoms with Gasteiger partial charge in [-0.1, -0.05) is 0 Å². The Morgan fingerprint density at radius 2 is 2.24 bits per heavy atom. The lowest BCUT2D eigenvalue weighted by atomic mass is 9.89. The molecule has 0 bridgehead atoms. The van der Waals surface area contributed by atoms with Crippen molar-refractivity contribution in [1.82, 2.24) is 15.1 Å². The lowest BCUT2D eigenvalue weighted by Crippen LogP contribution is -2.43. The number of anilines is 1. The van der Waals surface area contributed by atoms with Gasteiger partial charge in [0.2, 0.25) is 5.91 Å². The molecular weight excluding hydrogens is 347 g/mol. The van der Waals surface area contributed by atoms with Crippen molar-refractivity contribution < 1.29 is 13.9 Å². The number of aryl methyl sites for hydroxylation is 1. The van der Waals surface area contributed by atoms with E-state index in [2.05, 4.69) is 10.4 Å². The number of aromatic nitrogens is 2. The van der Waals surface area contributed by atoms with Crippen LogP contribution in [0.1, 0.15) is 11.5 Å². The van der Waals surface area contributed by atoms with E-state index < -0.39 is 0 Å². The predicted molar refractivity (Wildman–Crippen MR) is 93.8 cm³/mol. The Morgan fingerprint density at radius 1 is 1.40 bits per heavy atom. The Morgan fingerprint density at radius 3 is 3.00 bits per heavy atom. The summed E-state index contributed by atoms with van der Waals surface area (Å²) in [6, 6.07) is 4.31. The first-order chi connectivity index (χ1) is 11.6. The maximum Gasteiger partial charge on any atom is 0.232 e. The molecule has 6 nitrogen and oxygen atoms in total. The van der Waals surface area contributed by atoms with E-state index in [4.69, 9.17) is 4.74 Å². The Labute approximate surface area is 151 Å². The van der Waals surface area contributed by atoms with Gasteiger partial charge in [-0.3, -0.25) is 9.48 Å². The summed E-state index contributed by atoms with van der Waals surface area (Å²) in [5.74, 6) is 0.0467. The minimum Gasteiger partial charge on any atom is -0.489 e. The van der Waals surface area contributed by atoms with E-state index in [1.54, 1.807) is 15.6 Å². The minimum absolute atomic E-state index is 0. The number of nitrogens with one attached hydrogen (secondary N) is 1. The fraction of sp³-hybridized carbons (Fsp3) is 0.412. The smallest absolute Gasteiger partial charge is 0.232 e. The molecule has 134 valence electrons. The summed E-state index contributed by atoms with van der Waals surface area (Å²) in [5.41, 5.74) is 1.71. The number of hydrogen-bond acceptors (Lipinski definition) is 4. The van der Waals surface area contributed by atoms with Gasteiger partial charge in [-0.15, -0.1) is 12.4 Å². The average Bonchev–Trinajstić information content (AvgIpc) is 3.21. The van der Waals surface area contributed by atoms with Crippen LogP contribution in [0.2, 0.25) is 0 Å². The molecule has 1 aromatic carbocycles. The summed E-state index contributed by atoms with van der Waals surface area (Å²) in [5, 5.41) is 7.52. The number of rotatable bonds is 2. The van der Waals surface area contributed by atoms with Crippen molar-refractivity contribution in [3.63, 3.8) is 0 Å². The molecule has 25 heavy (non-hydrogen) atoms. The molecule has 2 atom stereocenters. The topological polar surface area (TPSA) is 59.4 Å². The van der Waals surface area contributed by atoms with Crippen molar-refractivity contribution >= 4 is 24.0 Å². The first-order valence-electron chi connectivity index (χ1n) is 8.06. The van der Waals surface area contributed by atoms with E-state index in [-0.39, 0.29) is 36.0 Å². The molecule has 4 rings (SSSR count). The highest BCUT2D eigenvalue weighted by atomic mass is 35.5. The van der Waals surface area contributed by atoms with Crippen LogP contribution in [0.15, 0.2) is 30.6 Å². The molecule has 1 fully saturated rings. The monoisotopic (exact) mass is 366 g/mol. The fourth-order valence-electron chi connectivity index (χ4n) is 3.54. The largest absolute Gasteiger partial charge is 0.489 e. The van der Waals surface area contributed by atoms with Gasteiger partial charge in [0.25, 0.3) is 0 Å². The van der Waals surface area contributed by atoms with Crippen LogP contribution in [0.5, 0.6) is 5.75 Å². The average molecular weight is 367 g/mol. The van der Waals surface area contributed by atoms with E-state index in [0.29, 0.717) is 31.1 Å². The van der Waals surface area contributed by atoms with Crippen LogP contribution in [-0.2, 0) is 11.8 Å². The van der Waals surface area contributed by atoms with Crippen LogP contribution in [0, 0.1) is 11.7 Å². The molecule has 0 aliphatic carbocycles. The van der Waals surface area contributed by atoms with Crippen molar-refractivity contribution in [3.05, 3.63) is 42.0 Å². The summed E-state index contributed by atoms with van der Waals surface area (Å²) in [6.07, 6.45) is 3.78. The molecule has 0 saturated carbocycles. The first-order valence-corrected chi connectivity index (χ1v) is 8.06. The van der Waals surface area contributed by atoms with Crippen LogP contribution in [0.4, 0.5) is 10.1 Å². The van der Waals surface area contributed by atoms with Crippen molar-refractivity contribution in [2.75, 3.05) is 31.1 Å². The molecule has 1 aromatic heterocycles. The highest BCUT2D eigenvalue weighted by Gasteiger charge is 2.38. The van der Waals surface area contributed by atoms with Gasteiger partial charge in [0.05, 0.1) is 24.3 Å². The number of benzene rings is 1. The van der Waals surface area contributed by atoms with Crippen molar-refractivity contribution in [2.45, 2.75) is 5.92 Å². The number of fused-ring (bicyclic) bond motifs is 1. The van der Waals surface area contributed by atoms with Crippen LogP contribution in [0.25, 0.3) is 0 Å². The molecule has 2 aromatic rings. The standard InChI is InChI=1S/C17H19FN4O2.ClH/c1-21-10-11(7-20-21)13-8-19-9-14(13)17(23)22-4-5-24-16-6-12(18)2-3-15(16)22;/h2-3,6-7,10,13-14,19H,4-5,8-9H2,1H3;1H/t13-,14+;/m1./s1. The van der Waals surface area contributed by atoms with Crippen LogP contribution in [0.3, 0.4) is 0 Å². The predicted octanol–water partition coefficient (Wildman–Crippen LogP) is 1.71. The molecule has 0 spiro atoms. The van der Waals surface area contributed by atoms with Crippen LogP contribution < -0.4 is 15.0 Å². The van der Waals surface area contributed by atoms with Gasteiger partial charge in [0.1, 0.15) is 18.2 Å². The van der Waals surface area contributed by atoms with E-state index in [0.717, 1.165) is 12.1 Å². The van der Waals surface area contributed by atoms with Gasteiger partial charge in [0, 0.05) is 38.3 Å². The number of halogens is 2. The second-order valence-corrected chi connectivity index (χ2v) is 6.27. The molecule has 0 unspecified atom stereocenters. The summed E-state index contributed by atoms with van der Waals surface area (Å²) in [7, 11) is 1.87. The quantitative estimate of drug-likeness (QED) is 0.879. The number of nitrogens with zero attached hydrogens (tertiary/aromatic N) is 3. The third-order valence-electron chi connectivity index (χ3n) is 4.74. The second-order valence-electron chi connectivity index (χ2n) is 6.27. The zero-order valence-electron chi connectivity index (χ0n) is 13.8. The van der Waals surface area contributed by atoms with Gasteiger partial charge >= 0.3 is 0 Å². The van der Waals surface area contributed by atoms with Crippen molar-refractivity contribution in [2.24, 2.45) is 13.0 Å². The molecule has 2 aliphatic heterocycles. The van der Waals surface area contributed by atoms with Crippen LogP contribution >= 0.6 is 12.4 Å². The van der Waals surface area contributed by atoms with Crippen LogP contribution in [-0.4, -0.2) is 41.9 Å². The lowest BCUT2D eigenvalue weighted by molar-refractivity contribution is -0.122. The maximum absolute atomic E-state index is 13.4. The van der Waals surface area contributed by atoms with E-state index in [1.165, 1.54) is 12.1 Å². The number of ether oxygens (including phenoxy) is 1. The molecule has 0 radical (unpaired) electrons. The Balaban J connectivity index is 0.00000182. The first kappa shape index (κ1) is 17.7. The van der Waals surface area contributed by atoms with Gasteiger partial charge < -0.3 is 15.0 Å². The molecule has 1 saturated heterocycles. The number of carbonyl (C=O) groups is 1. The number of carbonyl (C=O) groups excluding carboxylic acids is 1. The Kier molecular flexibility index (Phi) is 4.96. The second kappa shape index (κ2) is 7.01. The zero-order valence-corrected chi connectivity index (χ0v) is 14.6. The third-order valence-corrected chi connectivity index (χ3v) is 4.74. The zero-order chi connectivity index (χ0) is 16.7. The Hall–Kier alpha value is -2.12. The summed E-state index contributed by atoms with van der Waals surface area (Å²) in [4.78, 5) is 14.9.